The molecule has 132 valence electrons. The first-order valence-electron chi connectivity index (χ1n) is 8.57. The molecule has 25 heavy (non-hydrogen) atoms. The van der Waals surface area contributed by atoms with Crippen molar-refractivity contribution in [3.63, 3.8) is 0 Å². The van der Waals surface area contributed by atoms with Crippen LogP contribution < -0.4 is 0 Å². The zero-order valence-electron chi connectivity index (χ0n) is 14.9. The summed E-state index contributed by atoms with van der Waals surface area (Å²) in [7, 11) is 0. The number of carbonyl (C=O) groups is 2. The number of ketones is 1. The fourth-order valence-corrected chi connectivity index (χ4v) is 4.38. The van der Waals surface area contributed by atoms with Gasteiger partial charge in [-0.05, 0) is 25.8 Å². The number of nitrogens with zero attached hydrogens (tertiary/aromatic N) is 1. The summed E-state index contributed by atoms with van der Waals surface area (Å²) < 4.78 is 10.8. The number of aliphatic imine (C=N–C) groups is 1. The standard InChI is InChI=1S/C20H23NO4/c1-5-18(4)13-19(17(23)25-7-3)15(22)16(24-6-2)21-20(18,19)14-11-9-8-10-12-14/h5,8-12H,1,6-7,13H2,2-4H3/t18-,19+,20+/m0/s1. The monoisotopic (exact) mass is 341 g/mol. The molecule has 3 atom stereocenters. The molecule has 1 fully saturated rings. The molecule has 5 heteroatoms. The Kier molecular flexibility index (Phi) is 4.06. The molecule has 0 amide bonds. The van der Waals surface area contributed by atoms with E-state index in [1.807, 2.05) is 37.3 Å². The zero-order valence-corrected chi connectivity index (χ0v) is 14.9. The summed E-state index contributed by atoms with van der Waals surface area (Å²) in [4.78, 5) is 30.9. The van der Waals surface area contributed by atoms with E-state index in [-0.39, 0.29) is 12.5 Å². The van der Waals surface area contributed by atoms with Gasteiger partial charge >= 0.3 is 5.97 Å². The summed E-state index contributed by atoms with van der Waals surface area (Å²) in [6, 6.07) is 9.42. The fraction of sp³-hybridized carbons (Fsp3) is 0.450. The fourth-order valence-electron chi connectivity index (χ4n) is 4.38. The average Bonchev–Trinajstić information content (AvgIpc) is 2.82. The topological polar surface area (TPSA) is 65.0 Å². The molecule has 0 aromatic heterocycles. The molecule has 2 aliphatic rings. The number of carbonyl (C=O) groups excluding carboxylic acids is 2. The number of Topliss-reactive ketones (excluding diaryl/α,β-unsaturated/α-hetero) is 1. The first kappa shape index (κ1) is 17.4. The van der Waals surface area contributed by atoms with Crippen molar-refractivity contribution in [2.45, 2.75) is 32.7 Å². The van der Waals surface area contributed by atoms with E-state index in [9.17, 15) is 9.59 Å². The Balaban J connectivity index is 2.29. The second kappa shape index (κ2) is 5.83. The summed E-state index contributed by atoms with van der Waals surface area (Å²) in [5.74, 6) is -0.928. The maximum absolute atomic E-state index is 13.2. The Hall–Kier alpha value is -2.43. The van der Waals surface area contributed by atoms with E-state index >= 15 is 0 Å². The van der Waals surface area contributed by atoms with Crippen molar-refractivity contribution in [3.8, 4) is 0 Å². The van der Waals surface area contributed by atoms with Crippen LogP contribution in [0.5, 0.6) is 0 Å². The smallest absolute Gasteiger partial charge is 0.323 e. The lowest BCUT2D eigenvalue weighted by molar-refractivity contribution is -0.187. The normalized spacial score (nSPS) is 33.1. The highest BCUT2D eigenvalue weighted by Crippen LogP contribution is 2.73. The molecule has 0 saturated heterocycles. The molecule has 0 bridgehead atoms. The van der Waals surface area contributed by atoms with E-state index in [0.717, 1.165) is 5.56 Å². The Morgan fingerprint density at radius 1 is 1.28 bits per heavy atom. The van der Waals surface area contributed by atoms with Gasteiger partial charge in [-0.25, -0.2) is 4.99 Å². The summed E-state index contributed by atoms with van der Waals surface area (Å²) in [5, 5.41) is 0. The molecular weight excluding hydrogens is 318 g/mol. The van der Waals surface area contributed by atoms with Crippen molar-refractivity contribution in [2.75, 3.05) is 13.2 Å². The van der Waals surface area contributed by atoms with Gasteiger partial charge in [-0.1, -0.05) is 43.3 Å². The number of esters is 1. The molecule has 1 heterocycles. The van der Waals surface area contributed by atoms with Crippen molar-refractivity contribution in [2.24, 2.45) is 15.8 Å². The first-order chi connectivity index (χ1) is 11.9. The van der Waals surface area contributed by atoms with Gasteiger partial charge in [0.2, 0.25) is 5.78 Å². The van der Waals surface area contributed by atoms with Gasteiger partial charge in [-0.2, -0.15) is 0 Å². The zero-order chi connectivity index (χ0) is 18.3. The van der Waals surface area contributed by atoms with E-state index < -0.39 is 28.1 Å². The van der Waals surface area contributed by atoms with Crippen LogP contribution in [-0.2, 0) is 24.6 Å². The predicted molar refractivity (Wildman–Crippen MR) is 94.2 cm³/mol. The Labute approximate surface area is 147 Å². The van der Waals surface area contributed by atoms with Crippen molar-refractivity contribution in [3.05, 3.63) is 48.6 Å². The molecule has 0 spiro atoms. The lowest BCUT2D eigenvalue weighted by Crippen LogP contribution is -2.70. The maximum atomic E-state index is 13.2. The third-order valence-corrected chi connectivity index (χ3v) is 5.47. The van der Waals surface area contributed by atoms with Crippen LogP contribution in [0.15, 0.2) is 48.0 Å². The van der Waals surface area contributed by atoms with Crippen LogP contribution in [0.4, 0.5) is 0 Å². The molecule has 1 aliphatic carbocycles. The molecule has 1 aliphatic heterocycles. The molecular formula is C20H23NO4. The van der Waals surface area contributed by atoms with Crippen LogP contribution in [0.3, 0.4) is 0 Å². The lowest BCUT2D eigenvalue weighted by atomic mass is 9.39. The average molecular weight is 341 g/mol. The van der Waals surface area contributed by atoms with Gasteiger partial charge in [-0.15, -0.1) is 6.58 Å². The number of fused-ring (bicyclic) bond motifs is 1. The molecule has 5 nitrogen and oxygen atoms in total. The van der Waals surface area contributed by atoms with Crippen LogP contribution in [0.1, 0.15) is 32.8 Å². The minimum absolute atomic E-state index is 0.00461. The van der Waals surface area contributed by atoms with Gasteiger partial charge in [0.25, 0.3) is 5.90 Å². The van der Waals surface area contributed by atoms with Crippen LogP contribution in [0.25, 0.3) is 0 Å². The maximum Gasteiger partial charge on any atom is 0.323 e. The number of hydrogen-bond acceptors (Lipinski definition) is 5. The van der Waals surface area contributed by atoms with Gasteiger partial charge in [0.15, 0.2) is 5.41 Å². The van der Waals surface area contributed by atoms with Crippen LogP contribution >= 0.6 is 0 Å². The predicted octanol–water partition coefficient (Wildman–Crippen LogP) is 3.05. The van der Waals surface area contributed by atoms with E-state index in [2.05, 4.69) is 6.58 Å². The van der Waals surface area contributed by atoms with E-state index in [1.165, 1.54) is 0 Å². The third kappa shape index (κ3) is 1.92. The molecule has 1 aromatic rings. The van der Waals surface area contributed by atoms with Gasteiger partial charge < -0.3 is 9.47 Å². The van der Waals surface area contributed by atoms with Crippen molar-refractivity contribution >= 4 is 17.7 Å². The van der Waals surface area contributed by atoms with Crippen LogP contribution in [0.2, 0.25) is 0 Å². The quantitative estimate of drug-likeness (QED) is 0.469. The molecule has 1 aromatic carbocycles. The first-order valence-corrected chi connectivity index (χ1v) is 8.57. The molecule has 3 rings (SSSR count). The summed E-state index contributed by atoms with van der Waals surface area (Å²) in [5.41, 5.74) is -2.25. The van der Waals surface area contributed by atoms with Crippen molar-refractivity contribution in [1.29, 1.82) is 0 Å². The Bertz CT molecular complexity index is 756. The summed E-state index contributed by atoms with van der Waals surface area (Å²) in [6.45, 7) is 9.94. The van der Waals surface area contributed by atoms with Gasteiger partial charge in [0.05, 0.1) is 13.2 Å². The van der Waals surface area contributed by atoms with E-state index in [4.69, 9.17) is 14.5 Å². The van der Waals surface area contributed by atoms with Crippen molar-refractivity contribution in [1.82, 2.24) is 0 Å². The largest absolute Gasteiger partial charge is 0.476 e. The van der Waals surface area contributed by atoms with Crippen LogP contribution in [0, 0.1) is 10.8 Å². The third-order valence-electron chi connectivity index (χ3n) is 5.47. The Morgan fingerprint density at radius 2 is 1.96 bits per heavy atom. The molecule has 1 saturated carbocycles. The highest BCUT2D eigenvalue weighted by Gasteiger charge is 2.83. The number of hydrogen-bond donors (Lipinski definition) is 0. The molecule has 0 radical (unpaired) electrons. The second-order valence-electron chi connectivity index (χ2n) is 6.68. The van der Waals surface area contributed by atoms with Crippen molar-refractivity contribution < 1.29 is 19.1 Å². The van der Waals surface area contributed by atoms with Crippen LogP contribution in [-0.4, -0.2) is 30.9 Å². The molecule has 0 unspecified atom stereocenters. The van der Waals surface area contributed by atoms with Gasteiger partial charge in [-0.3, -0.25) is 9.59 Å². The second-order valence-corrected chi connectivity index (χ2v) is 6.68. The van der Waals surface area contributed by atoms with Gasteiger partial charge in [0, 0.05) is 5.41 Å². The highest BCUT2D eigenvalue weighted by molar-refractivity contribution is 6.45. The summed E-state index contributed by atoms with van der Waals surface area (Å²) in [6.07, 6.45) is 2.08. The Morgan fingerprint density at radius 3 is 2.52 bits per heavy atom. The number of rotatable bonds is 5. The number of ether oxygens (including phenoxy) is 2. The minimum Gasteiger partial charge on any atom is -0.476 e. The molecule has 0 N–H and O–H groups in total. The summed E-state index contributed by atoms with van der Waals surface area (Å²) >= 11 is 0. The highest BCUT2D eigenvalue weighted by atomic mass is 16.5. The van der Waals surface area contributed by atoms with Gasteiger partial charge in [0.1, 0.15) is 5.54 Å². The van der Waals surface area contributed by atoms with E-state index in [1.54, 1.807) is 19.9 Å². The number of benzene rings is 1. The van der Waals surface area contributed by atoms with E-state index in [0.29, 0.717) is 13.0 Å². The SMILES string of the molecule is C=C[C@@]1(C)C[C@]2(C(=O)OCC)C(=O)C(OCC)=N[C@@]21c1ccccc1. The minimum atomic E-state index is -1.39. The lowest BCUT2D eigenvalue weighted by Gasteiger charge is -2.61.